The molecule has 0 saturated carbocycles. The Bertz CT molecular complexity index is 401. The largest absolute Gasteiger partial charge is 0.350 e. The highest BCUT2D eigenvalue weighted by atomic mass is 32.2. The van der Waals surface area contributed by atoms with Gasteiger partial charge in [0.05, 0.1) is 23.0 Å². The van der Waals surface area contributed by atoms with E-state index in [-0.39, 0.29) is 23.3 Å². The molecular weight excluding hydrogens is 240 g/mol. The molecule has 0 spiro atoms. The number of rotatable bonds is 2. The van der Waals surface area contributed by atoms with Gasteiger partial charge in [0.25, 0.3) is 0 Å². The topological polar surface area (TPSA) is 75.3 Å². The minimum atomic E-state index is -2.96. The molecular formula is C11H20N2O3S. The molecule has 2 heterocycles. The van der Waals surface area contributed by atoms with Gasteiger partial charge in [-0.3, -0.25) is 4.79 Å². The summed E-state index contributed by atoms with van der Waals surface area (Å²) < 4.78 is 22.9. The summed E-state index contributed by atoms with van der Waals surface area (Å²) in [5.74, 6) is 0.249. The van der Waals surface area contributed by atoms with Crippen LogP contribution in [-0.4, -0.2) is 44.5 Å². The predicted molar refractivity (Wildman–Crippen MR) is 65.4 cm³/mol. The summed E-state index contributed by atoms with van der Waals surface area (Å²) in [6, 6.07) is 0. The van der Waals surface area contributed by atoms with Gasteiger partial charge in [-0.1, -0.05) is 0 Å². The van der Waals surface area contributed by atoms with Gasteiger partial charge < -0.3 is 10.6 Å². The molecule has 0 aromatic heterocycles. The average Bonchev–Trinajstić information content (AvgIpc) is 2.54. The van der Waals surface area contributed by atoms with Crippen molar-refractivity contribution in [3.8, 4) is 0 Å². The number of hydrogen-bond acceptors (Lipinski definition) is 4. The van der Waals surface area contributed by atoms with Crippen LogP contribution in [0.2, 0.25) is 0 Å². The van der Waals surface area contributed by atoms with E-state index in [1.54, 1.807) is 0 Å². The minimum absolute atomic E-state index is 0.00296. The fraction of sp³-hybridized carbons (Fsp3) is 0.909. The van der Waals surface area contributed by atoms with Gasteiger partial charge in [-0.2, -0.15) is 0 Å². The second kappa shape index (κ2) is 4.57. The molecule has 98 valence electrons. The number of sulfone groups is 1. The summed E-state index contributed by atoms with van der Waals surface area (Å²) in [5, 5.41) is 6.11. The van der Waals surface area contributed by atoms with Crippen molar-refractivity contribution in [2.45, 2.75) is 31.7 Å². The Morgan fingerprint density at radius 1 is 1.47 bits per heavy atom. The Labute approximate surface area is 102 Å². The monoisotopic (exact) mass is 260 g/mol. The lowest BCUT2D eigenvalue weighted by atomic mass is 9.95. The molecule has 0 aliphatic carbocycles. The van der Waals surface area contributed by atoms with E-state index in [1.165, 1.54) is 0 Å². The molecule has 2 fully saturated rings. The lowest BCUT2D eigenvalue weighted by Crippen LogP contribution is -2.51. The second-order valence-electron chi connectivity index (χ2n) is 5.44. The number of carbonyl (C=O) groups excluding carboxylic acids is 1. The normalized spacial score (nSPS) is 36.6. The van der Waals surface area contributed by atoms with Gasteiger partial charge in [-0.25, -0.2) is 8.42 Å². The fourth-order valence-corrected chi connectivity index (χ4v) is 4.68. The van der Waals surface area contributed by atoms with Crippen LogP contribution < -0.4 is 10.6 Å². The SMILES string of the molecule is CC1(NC(=O)[C@H]2CCCNC2)CCS(=O)(=O)C1. The van der Waals surface area contributed by atoms with Crippen LogP contribution in [0.4, 0.5) is 0 Å². The molecule has 2 N–H and O–H groups in total. The summed E-state index contributed by atoms with van der Waals surface area (Å²) in [7, 11) is -2.96. The van der Waals surface area contributed by atoms with Crippen molar-refractivity contribution in [1.29, 1.82) is 0 Å². The molecule has 1 amide bonds. The molecule has 17 heavy (non-hydrogen) atoms. The number of piperidine rings is 1. The summed E-state index contributed by atoms with van der Waals surface area (Å²) in [4.78, 5) is 12.0. The standard InChI is InChI=1S/C11H20N2O3S/c1-11(4-6-17(15,16)8-11)13-10(14)9-3-2-5-12-7-9/h9,12H,2-8H2,1H3,(H,13,14)/t9-,11?/m0/s1. The Hall–Kier alpha value is -0.620. The van der Waals surface area contributed by atoms with Crippen LogP contribution in [0, 0.1) is 5.92 Å². The van der Waals surface area contributed by atoms with E-state index >= 15 is 0 Å². The first-order valence-electron chi connectivity index (χ1n) is 6.13. The predicted octanol–water partition coefficient (Wildman–Crippen LogP) is -0.321. The quantitative estimate of drug-likeness (QED) is 0.713. The maximum absolute atomic E-state index is 12.0. The van der Waals surface area contributed by atoms with E-state index in [9.17, 15) is 13.2 Å². The van der Waals surface area contributed by atoms with Crippen LogP contribution in [0.25, 0.3) is 0 Å². The van der Waals surface area contributed by atoms with Crippen molar-refractivity contribution in [3.63, 3.8) is 0 Å². The first kappa shape index (κ1) is 12.8. The van der Waals surface area contributed by atoms with Gasteiger partial charge >= 0.3 is 0 Å². The van der Waals surface area contributed by atoms with Crippen LogP contribution in [-0.2, 0) is 14.6 Å². The van der Waals surface area contributed by atoms with E-state index in [0.29, 0.717) is 13.0 Å². The zero-order chi connectivity index (χ0) is 12.5. The Balaban J connectivity index is 1.94. The lowest BCUT2D eigenvalue weighted by Gasteiger charge is -2.29. The zero-order valence-corrected chi connectivity index (χ0v) is 11.0. The molecule has 6 heteroatoms. The molecule has 0 aromatic carbocycles. The molecule has 2 saturated heterocycles. The van der Waals surface area contributed by atoms with Crippen molar-refractivity contribution in [2.24, 2.45) is 5.92 Å². The van der Waals surface area contributed by atoms with Crippen molar-refractivity contribution < 1.29 is 13.2 Å². The molecule has 0 bridgehead atoms. The zero-order valence-electron chi connectivity index (χ0n) is 10.2. The molecule has 2 atom stereocenters. The number of amides is 1. The summed E-state index contributed by atoms with van der Waals surface area (Å²) in [5.41, 5.74) is -0.562. The van der Waals surface area contributed by atoms with Crippen LogP contribution in [0.1, 0.15) is 26.2 Å². The van der Waals surface area contributed by atoms with E-state index < -0.39 is 15.4 Å². The Morgan fingerprint density at radius 2 is 2.24 bits per heavy atom. The number of carbonyl (C=O) groups is 1. The molecule has 2 aliphatic heterocycles. The highest BCUT2D eigenvalue weighted by Gasteiger charge is 2.40. The van der Waals surface area contributed by atoms with Gasteiger partial charge in [-0.05, 0) is 32.7 Å². The molecule has 0 radical (unpaired) electrons. The minimum Gasteiger partial charge on any atom is -0.350 e. The first-order chi connectivity index (χ1) is 7.90. The molecule has 2 aliphatic rings. The molecule has 0 aromatic rings. The first-order valence-corrected chi connectivity index (χ1v) is 7.96. The molecule has 2 rings (SSSR count). The van der Waals surface area contributed by atoms with Gasteiger partial charge in [0.2, 0.25) is 5.91 Å². The summed E-state index contributed by atoms with van der Waals surface area (Å²) in [6.45, 7) is 3.50. The lowest BCUT2D eigenvalue weighted by molar-refractivity contribution is -0.127. The maximum Gasteiger partial charge on any atom is 0.224 e. The molecule has 1 unspecified atom stereocenters. The van der Waals surface area contributed by atoms with Gasteiger partial charge in [0.15, 0.2) is 9.84 Å². The molecule has 5 nitrogen and oxygen atoms in total. The van der Waals surface area contributed by atoms with Crippen LogP contribution >= 0.6 is 0 Å². The second-order valence-corrected chi connectivity index (χ2v) is 7.62. The van der Waals surface area contributed by atoms with Crippen molar-refractivity contribution in [2.75, 3.05) is 24.6 Å². The summed E-state index contributed by atoms with van der Waals surface area (Å²) >= 11 is 0. The third kappa shape index (κ3) is 3.19. The Kier molecular flexibility index (Phi) is 3.45. The summed E-state index contributed by atoms with van der Waals surface area (Å²) in [6.07, 6.45) is 2.43. The van der Waals surface area contributed by atoms with Gasteiger partial charge in [0.1, 0.15) is 0 Å². The highest BCUT2D eigenvalue weighted by molar-refractivity contribution is 7.91. The van der Waals surface area contributed by atoms with Crippen molar-refractivity contribution in [1.82, 2.24) is 10.6 Å². The van der Waals surface area contributed by atoms with Crippen LogP contribution in [0.3, 0.4) is 0 Å². The van der Waals surface area contributed by atoms with E-state index in [4.69, 9.17) is 0 Å². The van der Waals surface area contributed by atoms with Gasteiger partial charge in [-0.15, -0.1) is 0 Å². The maximum atomic E-state index is 12.0. The smallest absolute Gasteiger partial charge is 0.224 e. The number of hydrogen-bond donors (Lipinski definition) is 2. The average molecular weight is 260 g/mol. The number of nitrogens with one attached hydrogen (secondary N) is 2. The van der Waals surface area contributed by atoms with E-state index in [1.807, 2.05) is 6.92 Å². The van der Waals surface area contributed by atoms with E-state index in [0.717, 1.165) is 19.4 Å². The van der Waals surface area contributed by atoms with Crippen LogP contribution in [0.15, 0.2) is 0 Å². The van der Waals surface area contributed by atoms with Crippen molar-refractivity contribution >= 4 is 15.7 Å². The van der Waals surface area contributed by atoms with E-state index in [2.05, 4.69) is 10.6 Å². The third-order valence-corrected chi connectivity index (χ3v) is 5.50. The fourth-order valence-electron chi connectivity index (χ4n) is 2.58. The van der Waals surface area contributed by atoms with Crippen molar-refractivity contribution in [3.05, 3.63) is 0 Å². The van der Waals surface area contributed by atoms with Crippen LogP contribution in [0.5, 0.6) is 0 Å². The Morgan fingerprint density at radius 3 is 2.76 bits per heavy atom. The van der Waals surface area contributed by atoms with Gasteiger partial charge in [0, 0.05) is 6.54 Å². The highest BCUT2D eigenvalue weighted by Crippen LogP contribution is 2.23. The third-order valence-electron chi connectivity index (χ3n) is 3.60.